The zero-order chi connectivity index (χ0) is 14.7. The normalized spacial score (nSPS) is 17.8. The summed E-state index contributed by atoms with van der Waals surface area (Å²) in [5.41, 5.74) is 0.876. The molecule has 21 heavy (non-hydrogen) atoms. The minimum Gasteiger partial charge on any atom is -0.493 e. The highest BCUT2D eigenvalue weighted by Crippen LogP contribution is 2.27. The van der Waals surface area contributed by atoms with Crippen molar-refractivity contribution < 1.29 is 23.8 Å². The third-order valence-electron chi connectivity index (χ3n) is 3.52. The molecule has 0 aliphatic carbocycles. The molecule has 5 heteroatoms. The molecule has 2 aromatic rings. The number of hydrogen-bond acceptors (Lipinski definition) is 4. The number of ether oxygens (including phenoxy) is 2. The van der Waals surface area contributed by atoms with E-state index >= 15 is 0 Å². The molecule has 3 rings (SSSR count). The summed E-state index contributed by atoms with van der Waals surface area (Å²) in [5, 5.41) is 9.08. The van der Waals surface area contributed by atoms with Gasteiger partial charge in [-0.05, 0) is 36.8 Å². The Bertz CT molecular complexity index is 608. The summed E-state index contributed by atoms with van der Waals surface area (Å²) < 4.78 is 16.3. The first-order valence-corrected chi connectivity index (χ1v) is 6.86. The molecule has 1 aromatic carbocycles. The van der Waals surface area contributed by atoms with Crippen LogP contribution in [0.25, 0.3) is 11.3 Å². The molecular formula is C16H16O5. The van der Waals surface area contributed by atoms with Crippen LogP contribution in [0.4, 0.5) is 0 Å². The minimum absolute atomic E-state index is 0.159. The van der Waals surface area contributed by atoms with E-state index < -0.39 is 5.97 Å². The zero-order valence-electron chi connectivity index (χ0n) is 11.5. The van der Waals surface area contributed by atoms with Crippen LogP contribution in [0.5, 0.6) is 5.75 Å². The molecular weight excluding hydrogens is 272 g/mol. The van der Waals surface area contributed by atoms with Crippen LogP contribution in [0.1, 0.15) is 16.8 Å². The summed E-state index contributed by atoms with van der Waals surface area (Å²) >= 11 is 0. The molecule has 0 spiro atoms. The van der Waals surface area contributed by atoms with Crippen molar-refractivity contribution in [1.29, 1.82) is 0 Å². The van der Waals surface area contributed by atoms with Crippen LogP contribution in [0, 0.1) is 5.92 Å². The molecule has 1 aliphatic heterocycles. The second kappa shape index (κ2) is 6.01. The zero-order valence-corrected chi connectivity index (χ0v) is 11.5. The molecule has 1 aromatic heterocycles. The standard InChI is InChI=1S/C16H16O5/c17-16(18)14-6-8-20-15(14)12-1-3-13(4-2-12)21-10-11-5-7-19-9-11/h1-4,6,8,11H,5,7,9-10H2,(H,17,18). The van der Waals surface area contributed by atoms with Gasteiger partial charge in [0, 0.05) is 18.1 Å². The Morgan fingerprint density at radius 3 is 2.76 bits per heavy atom. The summed E-state index contributed by atoms with van der Waals surface area (Å²) in [6, 6.07) is 8.68. The number of carbonyl (C=O) groups is 1. The van der Waals surface area contributed by atoms with Crippen molar-refractivity contribution in [3.05, 3.63) is 42.2 Å². The maximum absolute atomic E-state index is 11.1. The number of rotatable bonds is 5. The van der Waals surface area contributed by atoms with Gasteiger partial charge in [-0.3, -0.25) is 0 Å². The number of furan rings is 1. The van der Waals surface area contributed by atoms with E-state index in [1.807, 2.05) is 12.1 Å². The van der Waals surface area contributed by atoms with Gasteiger partial charge in [0.1, 0.15) is 17.1 Å². The van der Waals surface area contributed by atoms with Crippen LogP contribution in [0.2, 0.25) is 0 Å². The van der Waals surface area contributed by atoms with Crippen LogP contribution in [-0.4, -0.2) is 30.9 Å². The monoisotopic (exact) mass is 288 g/mol. The van der Waals surface area contributed by atoms with Gasteiger partial charge in [-0.15, -0.1) is 0 Å². The lowest BCUT2D eigenvalue weighted by Crippen LogP contribution is -2.11. The summed E-state index contributed by atoms with van der Waals surface area (Å²) in [5.74, 6) is 0.570. The Hall–Kier alpha value is -2.27. The fraction of sp³-hybridized carbons (Fsp3) is 0.312. The molecule has 1 fully saturated rings. The third kappa shape index (κ3) is 3.08. The topological polar surface area (TPSA) is 68.9 Å². The highest BCUT2D eigenvalue weighted by Gasteiger charge is 2.17. The van der Waals surface area contributed by atoms with Crippen LogP contribution in [0.3, 0.4) is 0 Å². The van der Waals surface area contributed by atoms with Crippen LogP contribution < -0.4 is 4.74 Å². The van der Waals surface area contributed by atoms with Crippen molar-refractivity contribution in [2.24, 2.45) is 5.92 Å². The van der Waals surface area contributed by atoms with Gasteiger partial charge in [0.15, 0.2) is 0 Å². The number of benzene rings is 1. The highest BCUT2D eigenvalue weighted by atomic mass is 16.5. The van der Waals surface area contributed by atoms with Gasteiger partial charge in [0.05, 0.1) is 19.5 Å². The SMILES string of the molecule is O=C(O)c1ccoc1-c1ccc(OCC2CCOC2)cc1. The maximum atomic E-state index is 11.1. The summed E-state index contributed by atoms with van der Waals surface area (Å²) in [6.45, 7) is 2.20. The molecule has 0 saturated carbocycles. The first kappa shape index (κ1) is 13.7. The van der Waals surface area contributed by atoms with Crippen molar-refractivity contribution >= 4 is 5.97 Å². The maximum Gasteiger partial charge on any atom is 0.339 e. The predicted octanol–water partition coefficient (Wildman–Crippen LogP) is 3.06. The Morgan fingerprint density at radius 1 is 1.29 bits per heavy atom. The first-order valence-electron chi connectivity index (χ1n) is 6.86. The Kier molecular flexibility index (Phi) is 3.92. The van der Waals surface area contributed by atoms with E-state index in [1.165, 1.54) is 12.3 Å². The van der Waals surface area contributed by atoms with Gasteiger partial charge in [-0.1, -0.05) is 0 Å². The Balaban J connectivity index is 1.68. The minimum atomic E-state index is -1.000. The molecule has 1 atom stereocenters. The lowest BCUT2D eigenvalue weighted by molar-refractivity contribution is 0.0697. The van der Waals surface area contributed by atoms with Gasteiger partial charge >= 0.3 is 5.97 Å². The smallest absolute Gasteiger partial charge is 0.339 e. The van der Waals surface area contributed by atoms with Gasteiger partial charge in [-0.2, -0.15) is 0 Å². The predicted molar refractivity (Wildman–Crippen MR) is 75.5 cm³/mol. The van der Waals surface area contributed by atoms with Crippen LogP contribution in [-0.2, 0) is 4.74 Å². The lowest BCUT2D eigenvalue weighted by atomic mass is 10.1. The average molecular weight is 288 g/mol. The molecule has 2 heterocycles. The third-order valence-corrected chi connectivity index (χ3v) is 3.52. The Labute approximate surface area is 122 Å². The second-order valence-electron chi connectivity index (χ2n) is 5.03. The van der Waals surface area contributed by atoms with E-state index in [4.69, 9.17) is 19.0 Å². The van der Waals surface area contributed by atoms with Gasteiger partial charge in [0.2, 0.25) is 0 Å². The van der Waals surface area contributed by atoms with E-state index in [1.54, 1.807) is 12.1 Å². The summed E-state index contributed by atoms with van der Waals surface area (Å²) in [6.07, 6.45) is 2.41. The van der Waals surface area contributed by atoms with Crippen molar-refractivity contribution in [2.45, 2.75) is 6.42 Å². The van der Waals surface area contributed by atoms with Gasteiger partial charge < -0.3 is 19.0 Å². The largest absolute Gasteiger partial charge is 0.493 e. The van der Waals surface area contributed by atoms with E-state index in [9.17, 15) is 4.79 Å². The fourth-order valence-electron chi connectivity index (χ4n) is 2.33. The first-order chi connectivity index (χ1) is 10.2. The molecule has 1 aliphatic rings. The molecule has 0 amide bonds. The van der Waals surface area contributed by atoms with Crippen molar-refractivity contribution in [1.82, 2.24) is 0 Å². The number of carboxylic acid groups (broad SMARTS) is 1. The summed E-state index contributed by atoms with van der Waals surface area (Å²) in [7, 11) is 0. The van der Waals surface area contributed by atoms with Gasteiger partial charge in [0.25, 0.3) is 0 Å². The molecule has 1 unspecified atom stereocenters. The molecule has 0 bridgehead atoms. The summed E-state index contributed by atoms with van der Waals surface area (Å²) in [4.78, 5) is 11.1. The highest BCUT2D eigenvalue weighted by molar-refractivity contribution is 5.94. The van der Waals surface area contributed by atoms with Crippen molar-refractivity contribution in [2.75, 3.05) is 19.8 Å². The quantitative estimate of drug-likeness (QED) is 0.915. The van der Waals surface area contributed by atoms with E-state index in [0.29, 0.717) is 23.8 Å². The van der Waals surface area contributed by atoms with E-state index in [2.05, 4.69) is 0 Å². The second-order valence-corrected chi connectivity index (χ2v) is 5.03. The van der Waals surface area contributed by atoms with Gasteiger partial charge in [-0.25, -0.2) is 4.79 Å². The lowest BCUT2D eigenvalue weighted by Gasteiger charge is -2.10. The number of hydrogen-bond donors (Lipinski definition) is 1. The average Bonchev–Trinajstić information content (AvgIpc) is 3.17. The fourth-order valence-corrected chi connectivity index (χ4v) is 2.33. The van der Waals surface area contributed by atoms with Crippen LogP contribution >= 0.6 is 0 Å². The number of aromatic carboxylic acids is 1. The van der Waals surface area contributed by atoms with Crippen LogP contribution in [0.15, 0.2) is 41.0 Å². The molecule has 0 radical (unpaired) electrons. The van der Waals surface area contributed by atoms with Crippen molar-refractivity contribution in [3.63, 3.8) is 0 Å². The van der Waals surface area contributed by atoms with E-state index in [-0.39, 0.29) is 5.56 Å². The molecule has 1 N–H and O–H groups in total. The van der Waals surface area contributed by atoms with E-state index in [0.717, 1.165) is 25.4 Å². The van der Waals surface area contributed by atoms with Crippen molar-refractivity contribution in [3.8, 4) is 17.1 Å². The Morgan fingerprint density at radius 2 is 2.10 bits per heavy atom. The molecule has 110 valence electrons. The number of carboxylic acids is 1. The molecule has 1 saturated heterocycles. The molecule has 5 nitrogen and oxygen atoms in total.